The van der Waals surface area contributed by atoms with Crippen molar-refractivity contribution in [1.82, 2.24) is 9.88 Å². The fraction of sp³-hybridized carbons (Fsp3) is 0.240. The average molecular weight is 493 g/mol. The molecule has 2 aliphatic rings. The number of aliphatic imine (C=N–C) groups is 1. The Morgan fingerprint density at radius 2 is 2.06 bits per heavy atom. The number of fused-ring (bicyclic) bond motifs is 1. The van der Waals surface area contributed by atoms with Gasteiger partial charge in [-0.05, 0) is 92.8 Å². The molecule has 8 heteroatoms. The summed E-state index contributed by atoms with van der Waals surface area (Å²) in [5.74, 6) is -0.171. The molecule has 3 heterocycles. The zero-order chi connectivity index (χ0) is 23.1. The van der Waals surface area contributed by atoms with E-state index in [0.29, 0.717) is 20.8 Å². The number of nitriles is 1. The molecule has 166 valence electrons. The number of benzene rings is 1. The van der Waals surface area contributed by atoms with E-state index >= 15 is 0 Å². The Morgan fingerprint density at radius 1 is 1.24 bits per heavy atom. The van der Waals surface area contributed by atoms with Gasteiger partial charge in [0.1, 0.15) is 11.1 Å². The molecule has 5 nitrogen and oxygen atoms in total. The number of nitrogens with zero attached hydrogens (tertiary/aromatic N) is 3. The molecule has 3 aromatic rings. The fourth-order valence-electron chi connectivity index (χ4n) is 4.36. The molecular weight excluding hydrogens is 472 g/mol. The molecule has 5 rings (SSSR count). The van der Waals surface area contributed by atoms with Gasteiger partial charge >= 0.3 is 0 Å². The highest BCUT2D eigenvalue weighted by Gasteiger charge is 2.26. The van der Waals surface area contributed by atoms with Crippen LogP contribution in [0.1, 0.15) is 45.8 Å². The van der Waals surface area contributed by atoms with Crippen LogP contribution in [0.2, 0.25) is 5.02 Å². The SMILES string of the molecule is Cc1cc(/C=C2\SC(=Nc3cccc(Cl)c3)NC2=O)c(C)n1-c1sc2c(c1C#N)CCCC2. The van der Waals surface area contributed by atoms with Gasteiger partial charge in [-0.25, -0.2) is 4.99 Å². The molecule has 1 aliphatic carbocycles. The summed E-state index contributed by atoms with van der Waals surface area (Å²) < 4.78 is 2.16. The third-order valence-corrected chi connectivity index (χ3v) is 8.34. The Bertz CT molecular complexity index is 1390. The van der Waals surface area contributed by atoms with Crippen LogP contribution >= 0.6 is 34.7 Å². The number of aromatic nitrogens is 1. The molecule has 1 fully saturated rings. The smallest absolute Gasteiger partial charge is 0.264 e. The molecule has 1 saturated heterocycles. The van der Waals surface area contributed by atoms with Crippen LogP contribution in [0.25, 0.3) is 11.1 Å². The largest absolute Gasteiger partial charge is 0.308 e. The highest BCUT2D eigenvalue weighted by molar-refractivity contribution is 8.18. The van der Waals surface area contributed by atoms with Crippen LogP contribution in [0.15, 0.2) is 40.2 Å². The molecular formula is C25H21ClN4OS2. The van der Waals surface area contributed by atoms with Gasteiger partial charge in [0.2, 0.25) is 0 Å². The van der Waals surface area contributed by atoms with Crippen LogP contribution in [0, 0.1) is 25.2 Å². The first-order chi connectivity index (χ1) is 15.9. The lowest BCUT2D eigenvalue weighted by molar-refractivity contribution is -0.115. The van der Waals surface area contributed by atoms with E-state index in [2.05, 4.69) is 27.0 Å². The van der Waals surface area contributed by atoms with E-state index in [1.165, 1.54) is 28.6 Å². The van der Waals surface area contributed by atoms with Gasteiger partial charge in [-0.1, -0.05) is 17.7 Å². The van der Waals surface area contributed by atoms with Gasteiger partial charge in [-0.2, -0.15) is 5.26 Å². The number of amidine groups is 1. The maximum atomic E-state index is 12.6. The molecule has 0 unspecified atom stereocenters. The van der Waals surface area contributed by atoms with Crippen LogP contribution in [-0.2, 0) is 17.6 Å². The average Bonchev–Trinajstić information content (AvgIpc) is 3.41. The molecule has 0 saturated carbocycles. The number of aryl methyl sites for hydroxylation is 2. The van der Waals surface area contributed by atoms with E-state index in [9.17, 15) is 10.1 Å². The number of rotatable bonds is 3. The first-order valence-electron chi connectivity index (χ1n) is 10.7. The number of thiophene rings is 1. The highest BCUT2D eigenvalue weighted by atomic mass is 35.5. The highest BCUT2D eigenvalue weighted by Crippen LogP contribution is 2.39. The second kappa shape index (κ2) is 8.86. The lowest BCUT2D eigenvalue weighted by Crippen LogP contribution is -2.19. The van der Waals surface area contributed by atoms with Gasteiger partial charge in [0.15, 0.2) is 5.17 Å². The molecule has 1 N–H and O–H groups in total. The molecule has 33 heavy (non-hydrogen) atoms. The molecule has 1 amide bonds. The summed E-state index contributed by atoms with van der Waals surface area (Å²) in [6, 6.07) is 11.7. The number of amides is 1. The first kappa shape index (κ1) is 22.0. The van der Waals surface area contributed by atoms with Gasteiger partial charge in [0.05, 0.1) is 16.2 Å². The summed E-state index contributed by atoms with van der Waals surface area (Å²) in [5, 5.41) is 14.9. The van der Waals surface area contributed by atoms with Gasteiger partial charge in [0.25, 0.3) is 5.91 Å². The van der Waals surface area contributed by atoms with Crippen molar-refractivity contribution in [2.24, 2.45) is 4.99 Å². The lowest BCUT2D eigenvalue weighted by atomic mass is 9.96. The molecule has 1 aliphatic heterocycles. The second-order valence-corrected chi connectivity index (χ2v) is 10.7. The van der Waals surface area contributed by atoms with Gasteiger partial charge in [-0.15, -0.1) is 11.3 Å². The number of hydrogen-bond acceptors (Lipinski definition) is 5. The summed E-state index contributed by atoms with van der Waals surface area (Å²) in [6.07, 6.45) is 6.26. The predicted molar refractivity (Wildman–Crippen MR) is 137 cm³/mol. The van der Waals surface area contributed by atoms with Crippen molar-refractivity contribution in [3.05, 3.63) is 73.2 Å². The number of nitrogens with one attached hydrogen (secondary N) is 1. The Hall–Kier alpha value is -2.79. The van der Waals surface area contributed by atoms with Crippen molar-refractivity contribution in [3.8, 4) is 11.1 Å². The van der Waals surface area contributed by atoms with E-state index in [-0.39, 0.29) is 5.91 Å². The van der Waals surface area contributed by atoms with Crippen LogP contribution < -0.4 is 5.32 Å². The minimum absolute atomic E-state index is 0.171. The monoisotopic (exact) mass is 492 g/mol. The molecule has 0 atom stereocenters. The van der Waals surface area contributed by atoms with Crippen LogP contribution in [0.3, 0.4) is 0 Å². The van der Waals surface area contributed by atoms with Crippen molar-refractivity contribution in [1.29, 1.82) is 5.26 Å². The second-order valence-electron chi connectivity index (χ2n) is 8.13. The summed E-state index contributed by atoms with van der Waals surface area (Å²) >= 11 is 9.08. The Labute approximate surface area is 205 Å². The quantitative estimate of drug-likeness (QED) is 0.427. The van der Waals surface area contributed by atoms with Crippen LogP contribution in [0.5, 0.6) is 0 Å². The number of thioether (sulfide) groups is 1. The zero-order valence-corrected chi connectivity index (χ0v) is 20.6. The third-order valence-electron chi connectivity index (χ3n) is 5.91. The molecule has 2 aromatic heterocycles. The summed E-state index contributed by atoms with van der Waals surface area (Å²) in [5.41, 5.74) is 5.75. The minimum Gasteiger partial charge on any atom is -0.308 e. The number of carbonyl (C=O) groups is 1. The maximum absolute atomic E-state index is 12.6. The van der Waals surface area contributed by atoms with Gasteiger partial charge < -0.3 is 9.88 Å². The third kappa shape index (κ3) is 4.15. The summed E-state index contributed by atoms with van der Waals surface area (Å²) in [4.78, 5) is 19.0. The Balaban J connectivity index is 1.49. The molecule has 0 spiro atoms. The first-order valence-corrected chi connectivity index (χ1v) is 12.7. The van der Waals surface area contributed by atoms with E-state index in [1.807, 2.05) is 32.1 Å². The van der Waals surface area contributed by atoms with Crippen molar-refractivity contribution < 1.29 is 4.79 Å². The summed E-state index contributed by atoms with van der Waals surface area (Å²) in [6.45, 7) is 4.08. The lowest BCUT2D eigenvalue weighted by Gasteiger charge is -2.10. The number of carbonyl (C=O) groups excluding carboxylic acids is 1. The number of halogens is 1. The molecule has 1 aromatic carbocycles. The van der Waals surface area contributed by atoms with Gasteiger partial charge in [0, 0.05) is 21.3 Å². The summed E-state index contributed by atoms with van der Waals surface area (Å²) in [7, 11) is 0. The van der Waals surface area contributed by atoms with E-state index in [1.54, 1.807) is 23.5 Å². The van der Waals surface area contributed by atoms with E-state index < -0.39 is 0 Å². The topological polar surface area (TPSA) is 70.2 Å². The normalized spacial score (nSPS) is 17.9. The number of hydrogen-bond donors (Lipinski definition) is 1. The minimum atomic E-state index is -0.171. The van der Waals surface area contributed by atoms with Crippen molar-refractivity contribution in [2.45, 2.75) is 39.5 Å². The Morgan fingerprint density at radius 3 is 2.85 bits per heavy atom. The van der Waals surface area contributed by atoms with E-state index in [4.69, 9.17) is 11.6 Å². The van der Waals surface area contributed by atoms with Crippen LogP contribution in [0.4, 0.5) is 5.69 Å². The molecule has 0 bridgehead atoms. The predicted octanol–water partition coefficient (Wildman–Crippen LogP) is 6.45. The zero-order valence-electron chi connectivity index (χ0n) is 18.2. The standard InChI is InChI=1S/C25H21ClN4OS2/c1-14-10-16(11-22-23(31)29-25(33-22)28-18-7-5-6-17(26)12-18)15(2)30(14)24-20(13-27)19-8-3-4-9-21(19)32-24/h5-7,10-12H,3-4,8-9H2,1-2H3,(H,28,29,31)/b22-11-. The van der Waals surface area contributed by atoms with Crippen molar-refractivity contribution in [3.63, 3.8) is 0 Å². The molecule has 0 radical (unpaired) electrons. The van der Waals surface area contributed by atoms with Crippen LogP contribution in [-0.4, -0.2) is 15.6 Å². The Kier molecular flexibility index (Phi) is 5.92. The van der Waals surface area contributed by atoms with Crippen molar-refractivity contribution in [2.75, 3.05) is 0 Å². The fourth-order valence-corrected chi connectivity index (χ4v) is 6.82. The van der Waals surface area contributed by atoms with Crippen molar-refractivity contribution >= 4 is 57.5 Å². The van der Waals surface area contributed by atoms with E-state index in [0.717, 1.165) is 46.8 Å². The maximum Gasteiger partial charge on any atom is 0.264 e. The van der Waals surface area contributed by atoms with Gasteiger partial charge in [-0.3, -0.25) is 4.79 Å².